The van der Waals surface area contributed by atoms with E-state index in [4.69, 9.17) is 9.47 Å². The van der Waals surface area contributed by atoms with Crippen LogP contribution in [0, 0.1) is 48.2 Å². The number of carbonyl (C=O) groups is 3. The van der Waals surface area contributed by atoms with Crippen molar-refractivity contribution in [2.75, 3.05) is 45.0 Å². The van der Waals surface area contributed by atoms with Gasteiger partial charge in [0.1, 0.15) is 23.5 Å². The van der Waals surface area contributed by atoms with Crippen molar-refractivity contribution in [3.05, 3.63) is 56.7 Å². The number of aromatic nitrogens is 1. The predicted octanol–water partition coefficient (Wildman–Crippen LogP) is 4.86. The molecule has 1 aromatic carbocycles. The monoisotopic (exact) mass is 775 g/mol. The van der Waals surface area contributed by atoms with E-state index in [1.807, 2.05) is 29.4 Å². The van der Waals surface area contributed by atoms with E-state index in [2.05, 4.69) is 11.8 Å². The molecule has 8 rings (SSSR count). The molecule has 1 aliphatic heterocycles. The number of carboxylic acid groups (broad SMARTS) is 1. The van der Waals surface area contributed by atoms with Crippen molar-refractivity contribution >= 4 is 34.1 Å². The Labute approximate surface area is 325 Å². The highest BCUT2D eigenvalue weighted by molar-refractivity contribution is 6.01. The van der Waals surface area contributed by atoms with Gasteiger partial charge in [-0.2, -0.15) is 0 Å². The number of fused-ring (bicyclic) bond motifs is 6. The summed E-state index contributed by atoms with van der Waals surface area (Å²) in [5, 5.41) is 33.8. The fourth-order valence-electron chi connectivity index (χ4n) is 11.9. The van der Waals surface area contributed by atoms with E-state index < -0.39 is 39.8 Å². The number of aliphatic hydroxyl groups excluding tert-OH is 1. The van der Waals surface area contributed by atoms with Crippen LogP contribution in [0.2, 0.25) is 0 Å². The fraction of sp³-hybridized carbons (Fsp3) is 0.628. The van der Waals surface area contributed by atoms with Crippen molar-refractivity contribution in [1.82, 2.24) is 9.47 Å². The number of pyridine rings is 1. The Kier molecular flexibility index (Phi) is 9.46. The van der Waals surface area contributed by atoms with Crippen molar-refractivity contribution in [3.8, 4) is 5.75 Å². The molecule has 6 aliphatic rings. The second-order valence-corrected chi connectivity index (χ2v) is 17.9. The van der Waals surface area contributed by atoms with Gasteiger partial charge in [-0.15, -0.1) is 0 Å². The maximum Gasteiger partial charge on any atom is 0.341 e. The second-order valence-electron chi connectivity index (χ2n) is 17.9. The van der Waals surface area contributed by atoms with Crippen LogP contribution in [0.25, 0.3) is 10.9 Å². The van der Waals surface area contributed by atoms with Gasteiger partial charge in [-0.25, -0.2) is 9.18 Å². The highest BCUT2D eigenvalue weighted by Gasteiger charge is 2.68. The topological polar surface area (TPSA) is 159 Å². The van der Waals surface area contributed by atoms with E-state index in [0.29, 0.717) is 43.7 Å². The number of Topliss-reactive ketones (excluding diaryl/α,β-unsaturated/α-hetero) is 1. The summed E-state index contributed by atoms with van der Waals surface area (Å²) in [5.74, 6) is -2.12. The molecule has 2 aromatic rings. The van der Waals surface area contributed by atoms with Crippen LogP contribution in [-0.2, 0) is 14.3 Å². The van der Waals surface area contributed by atoms with Gasteiger partial charge in [0.15, 0.2) is 23.1 Å². The molecular formula is C43H54FN3O9. The summed E-state index contributed by atoms with van der Waals surface area (Å²) in [6.07, 6.45) is 8.98. The first-order chi connectivity index (χ1) is 26.5. The van der Waals surface area contributed by atoms with Gasteiger partial charge in [-0.05, 0) is 89.7 Å². The van der Waals surface area contributed by atoms with Crippen LogP contribution in [0.1, 0.15) is 93.4 Å². The molecule has 2 heterocycles. The lowest BCUT2D eigenvalue weighted by molar-refractivity contribution is -0.180. The van der Waals surface area contributed by atoms with E-state index >= 15 is 4.39 Å². The number of halogens is 1. The lowest BCUT2D eigenvalue weighted by atomic mass is 9.46. The van der Waals surface area contributed by atoms with Gasteiger partial charge in [-0.1, -0.05) is 25.5 Å². The molecule has 56 heavy (non-hydrogen) atoms. The smallest absolute Gasteiger partial charge is 0.341 e. The third-order valence-corrected chi connectivity index (χ3v) is 15.0. The average molecular weight is 776 g/mol. The van der Waals surface area contributed by atoms with Crippen LogP contribution >= 0.6 is 0 Å². The standard InChI is InChI=1S/C43H54FN3O9/c1-22-19-45(37-35(44)23(2)32-36(39(37)55-6)47(26-8-9-26)24(3)33(38(32)51)40(52)53)15-16-46(22)21-56-20-31(50)43(54)14-12-29-28-10-7-25-17-27(48)11-13-41(25,4)34(28)30(49)18-42(29,43)5/h11,13,17,22,26,28-30,34,49,54H,7-10,12,14-16,18-21H2,1-6H3,(H,52,53)/t22?,28-,29-,30?,34?,41-,42-,43-/m0/s1. The molecule has 4 saturated carbocycles. The zero-order valence-electron chi connectivity index (χ0n) is 33.2. The molecule has 0 bridgehead atoms. The quantitative estimate of drug-likeness (QED) is 0.320. The van der Waals surface area contributed by atoms with Gasteiger partial charge in [-0.3, -0.25) is 19.3 Å². The number of ether oxygens (including phenoxy) is 2. The minimum Gasteiger partial charge on any atom is -0.492 e. The molecule has 0 spiro atoms. The average Bonchev–Trinajstić information content (AvgIpc) is 3.94. The number of nitrogens with zero attached hydrogens (tertiary/aromatic N) is 3. The zero-order valence-corrected chi connectivity index (χ0v) is 33.2. The first-order valence-electron chi connectivity index (χ1n) is 20.1. The van der Waals surface area contributed by atoms with Crippen LogP contribution in [0.3, 0.4) is 0 Å². The lowest BCUT2D eigenvalue weighted by Crippen LogP contribution is -2.61. The number of benzene rings is 1. The summed E-state index contributed by atoms with van der Waals surface area (Å²) in [7, 11) is 1.44. The molecule has 1 saturated heterocycles. The van der Waals surface area contributed by atoms with Gasteiger partial charge in [0, 0.05) is 59.7 Å². The summed E-state index contributed by atoms with van der Waals surface area (Å²) in [5.41, 5.74) is -1.87. The number of carboxylic acids is 1. The third kappa shape index (κ3) is 5.58. The third-order valence-electron chi connectivity index (χ3n) is 15.0. The van der Waals surface area contributed by atoms with Crippen molar-refractivity contribution in [1.29, 1.82) is 0 Å². The number of hydrogen-bond acceptors (Lipinski definition) is 10. The minimum atomic E-state index is -1.64. The first kappa shape index (κ1) is 38.9. The van der Waals surface area contributed by atoms with Crippen molar-refractivity contribution < 1.29 is 43.6 Å². The molecule has 3 N–H and O–H groups in total. The number of hydrogen-bond donors (Lipinski definition) is 3. The lowest BCUT2D eigenvalue weighted by Gasteiger charge is -2.59. The van der Waals surface area contributed by atoms with Crippen LogP contribution in [0.15, 0.2) is 28.6 Å². The van der Waals surface area contributed by atoms with E-state index in [1.54, 1.807) is 19.1 Å². The van der Waals surface area contributed by atoms with E-state index in [9.17, 15) is 34.5 Å². The summed E-state index contributed by atoms with van der Waals surface area (Å²) >= 11 is 0. The van der Waals surface area contributed by atoms with Crippen LogP contribution < -0.4 is 15.1 Å². The van der Waals surface area contributed by atoms with Crippen molar-refractivity contribution in [2.24, 2.45) is 28.6 Å². The summed E-state index contributed by atoms with van der Waals surface area (Å²) in [6, 6.07) is -0.156. The maximum atomic E-state index is 16.4. The molecule has 12 nitrogen and oxygen atoms in total. The number of anilines is 1. The maximum absolute atomic E-state index is 16.4. The number of rotatable bonds is 9. The number of aliphatic hydroxyl groups is 2. The summed E-state index contributed by atoms with van der Waals surface area (Å²) < 4.78 is 30.2. The fourth-order valence-corrected chi connectivity index (χ4v) is 11.9. The molecule has 0 radical (unpaired) electrons. The number of ketones is 2. The van der Waals surface area contributed by atoms with E-state index in [0.717, 1.165) is 31.3 Å². The van der Waals surface area contributed by atoms with Crippen LogP contribution in [0.4, 0.5) is 10.1 Å². The first-order valence-corrected chi connectivity index (χ1v) is 20.1. The number of carbonyl (C=O) groups excluding carboxylic acids is 2. The molecule has 5 aliphatic carbocycles. The Hall–Kier alpha value is -3.91. The molecule has 0 amide bonds. The predicted molar refractivity (Wildman–Crippen MR) is 207 cm³/mol. The Bertz CT molecular complexity index is 2160. The number of piperazine rings is 1. The Morgan fingerprint density at radius 3 is 2.48 bits per heavy atom. The molecule has 8 atom stereocenters. The normalized spacial score (nSPS) is 34.2. The van der Waals surface area contributed by atoms with Gasteiger partial charge < -0.3 is 34.3 Å². The highest BCUT2D eigenvalue weighted by atomic mass is 19.1. The number of allylic oxidation sites excluding steroid dienone is 4. The van der Waals surface area contributed by atoms with Crippen LogP contribution in [-0.4, -0.2) is 100 Å². The Morgan fingerprint density at radius 1 is 1.09 bits per heavy atom. The Balaban J connectivity index is 0.964. The van der Waals surface area contributed by atoms with Crippen LogP contribution in [0.5, 0.6) is 5.75 Å². The second kappa shape index (κ2) is 13.6. The Morgan fingerprint density at radius 2 is 1.82 bits per heavy atom. The molecular weight excluding hydrogens is 721 g/mol. The summed E-state index contributed by atoms with van der Waals surface area (Å²) in [4.78, 5) is 55.8. The zero-order chi connectivity index (χ0) is 40.2. The number of aryl methyl sites for hydroxylation is 1. The van der Waals surface area contributed by atoms with Crippen molar-refractivity contribution in [2.45, 2.75) is 103 Å². The van der Waals surface area contributed by atoms with E-state index in [-0.39, 0.29) is 89.1 Å². The molecule has 3 unspecified atom stereocenters. The number of methoxy groups -OCH3 is 1. The highest BCUT2D eigenvalue weighted by Crippen LogP contribution is 2.67. The molecule has 1 aromatic heterocycles. The molecule has 13 heteroatoms. The summed E-state index contributed by atoms with van der Waals surface area (Å²) in [6.45, 7) is 10.3. The van der Waals surface area contributed by atoms with Gasteiger partial charge >= 0.3 is 5.97 Å². The van der Waals surface area contributed by atoms with E-state index in [1.165, 1.54) is 14.0 Å². The van der Waals surface area contributed by atoms with Gasteiger partial charge in [0.25, 0.3) is 0 Å². The minimum absolute atomic E-state index is 0.0160. The number of aromatic carboxylic acids is 1. The molecule has 302 valence electrons. The van der Waals surface area contributed by atoms with Gasteiger partial charge in [0.05, 0.1) is 30.8 Å². The largest absolute Gasteiger partial charge is 0.492 e. The van der Waals surface area contributed by atoms with Gasteiger partial charge in [0.2, 0.25) is 5.43 Å². The van der Waals surface area contributed by atoms with Crippen molar-refractivity contribution in [3.63, 3.8) is 0 Å². The SMILES string of the molecule is COc1c(N2CCN(COCC(=O)[C@@]3(O)CC[C@H]4[C@@H]5CCC6=CC(=O)C=C[C@]6(C)C5C(O)C[C@@]43C)C(C)C2)c(F)c(C)c2c(=O)c(C(=O)O)c(C)n(C3CC3)c12. The molecule has 5 fully saturated rings.